The van der Waals surface area contributed by atoms with Crippen LogP contribution in [0.5, 0.6) is 0 Å². The molecule has 5 aliphatic rings. The number of rotatable bonds is 4. The molecule has 0 atom stereocenters. The second-order valence-corrected chi connectivity index (χ2v) is 20.0. The zero-order valence-corrected chi connectivity index (χ0v) is 38.8. The van der Waals surface area contributed by atoms with Crippen molar-refractivity contribution in [3.8, 4) is 55.6 Å². The van der Waals surface area contributed by atoms with Crippen molar-refractivity contribution in [2.45, 2.75) is 51.4 Å². The maximum atomic E-state index is 15.6. The highest BCUT2D eigenvalue weighted by Gasteiger charge is 2.54. The van der Waals surface area contributed by atoms with Gasteiger partial charge in [-0.25, -0.2) is 0 Å². The maximum Gasteiger partial charge on any atom is 0.193 e. The van der Waals surface area contributed by atoms with Crippen LogP contribution in [0.4, 0.5) is 0 Å². The fourth-order valence-corrected chi connectivity index (χ4v) is 13.5. The summed E-state index contributed by atoms with van der Waals surface area (Å²) in [6.07, 6.45) is 6.63. The van der Waals surface area contributed by atoms with Crippen molar-refractivity contribution in [1.29, 1.82) is 0 Å². The molecule has 1 nitrogen and oxygen atoms in total. The Hall–Kier alpha value is -7.87. The summed E-state index contributed by atoms with van der Waals surface area (Å²) in [4.78, 5) is 15.6. The van der Waals surface area contributed by atoms with E-state index in [9.17, 15) is 0 Å². The zero-order valence-electron chi connectivity index (χ0n) is 38.8. The number of fused-ring (bicyclic) bond motifs is 19. The number of hydrogen-bond donors (Lipinski definition) is 0. The van der Waals surface area contributed by atoms with Gasteiger partial charge in [0.15, 0.2) is 5.78 Å². The van der Waals surface area contributed by atoms with Crippen molar-refractivity contribution in [1.82, 2.24) is 0 Å². The molecular formula is C67H48O. The van der Waals surface area contributed by atoms with Crippen LogP contribution < -0.4 is 0 Å². The Kier molecular flexibility index (Phi) is 8.14. The number of carbonyl (C=O) groups is 1. The molecule has 0 bridgehead atoms. The lowest BCUT2D eigenvalue weighted by Gasteiger charge is -2.34. The largest absolute Gasteiger partial charge is 0.289 e. The summed E-state index contributed by atoms with van der Waals surface area (Å²) in [5.74, 6) is 0.0450. The van der Waals surface area contributed by atoms with Crippen LogP contribution in [0.1, 0.15) is 95.5 Å². The van der Waals surface area contributed by atoms with Gasteiger partial charge < -0.3 is 0 Å². The van der Waals surface area contributed by atoms with Gasteiger partial charge in [0.2, 0.25) is 0 Å². The van der Waals surface area contributed by atoms with Gasteiger partial charge >= 0.3 is 0 Å². The lowest BCUT2D eigenvalue weighted by Crippen LogP contribution is -2.28. The van der Waals surface area contributed by atoms with Crippen LogP contribution in [0, 0.1) is 27.7 Å². The van der Waals surface area contributed by atoms with Gasteiger partial charge in [0.05, 0.1) is 10.8 Å². The number of allylic oxidation sites excluding steroid dienone is 4. The highest BCUT2D eigenvalue weighted by molar-refractivity contribution is 6.11. The monoisotopic (exact) mass is 868 g/mol. The summed E-state index contributed by atoms with van der Waals surface area (Å²) in [5.41, 5.74) is 30.6. The molecule has 0 radical (unpaired) electrons. The first-order valence-corrected chi connectivity index (χ1v) is 24.2. The van der Waals surface area contributed by atoms with Gasteiger partial charge in [-0.05, 0) is 187 Å². The Balaban J connectivity index is 0.993. The molecule has 5 aliphatic carbocycles. The second kappa shape index (κ2) is 14.1. The summed E-state index contributed by atoms with van der Waals surface area (Å²) in [7, 11) is 0. The normalized spacial score (nSPS) is 15.4. The molecule has 322 valence electrons. The summed E-state index contributed by atoms with van der Waals surface area (Å²) >= 11 is 0. The minimum absolute atomic E-state index is 0.0450. The molecule has 9 aromatic carbocycles. The third kappa shape index (κ3) is 5.03. The lowest BCUT2D eigenvalue weighted by atomic mass is 9.67. The third-order valence-electron chi connectivity index (χ3n) is 16.4. The Morgan fingerprint density at radius 1 is 0.382 bits per heavy atom. The predicted molar refractivity (Wildman–Crippen MR) is 279 cm³/mol. The fraction of sp³-hybridized carbons (Fsp3) is 0.119. The number of benzene rings is 9. The van der Waals surface area contributed by atoms with E-state index in [0.717, 1.165) is 18.4 Å². The van der Waals surface area contributed by atoms with Gasteiger partial charge in [0.25, 0.3) is 0 Å². The van der Waals surface area contributed by atoms with E-state index < -0.39 is 10.8 Å². The van der Waals surface area contributed by atoms with E-state index in [1.807, 2.05) is 0 Å². The number of aryl methyl sites for hydroxylation is 4. The summed E-state index contributed by atoms with van der Waals surface area (Å²) in [5, 5.41) is 0. The first-order valence-electron chi connectivity index (χ1n) is 24.2. The average Bonchev–Trinajstić information content (AvgIpc) is 4.05. The van der Waals surface area contributed by atoms with Gasteiger partial charge in [0.1, 0.15) is 0 Å². The van der Waals surface area contributed by atoms with E-state index in [0.29, 0.717) is 5.56 Å². The third-order valence-corrected chi connectivity index (χ3v) is 16.4. The van der Waals surface area contributed by atoms with Crippen LogP contribution in [-0.2, 0) is 10.8 Å². The molecule has 0 aliphatic heterocycles. The smallest absolute Gasteiger partial charge is 0.193 e. The Labute approximate surface area is 398 Å². The molecule has 0 saturated heterocycles. The van der Waals surface area contributed by atoms with E-state index in [1.165, 1.54) is 134 Å². The van der Waals surface area contributed by atoms with Crippen molar-refractivity contribution >= 4 is 11.4 Å². The highest BCUT2D eigenvalue weighted by atomic mass is 16.1. The lowest BCUT2D eigenvalue weighted by molar-refractivity contribution is 0.103. The van der Waals surface area contributed by atoms with Gasteiger partial charge in [-0.3, -0.25) is 4.79 Å². The van der Waals surface area contributed by atoms with Gasteiger partial charge in [-0.1, -0.05) is 181 Å². The minimum Gasteiger partial charge on any atom is -0.289 e. The molecule has 9 aromatic rings. The Morgan fingerprint density at radius 3 is 1.32 bits per heavy atom. The fourth-order valence-electron chi connectivity index (χ4n) is 13.5. The standard InChI is InChI=1S/C67H48O/c1-39-21-23-41(3)55(33-39)43-25-29-53-54-30-26-44(56-34-40(2)22-24-42(56)4)36-62(54)67(61(53)35-43)60-20-12-8-16-50(60)52-32-28-46(38-64(52)67)65(68)45-27-31-51-49-15-7-11-19-59(49)66(63(51)37-45)57-17-9-5-13-47(57)48-14-6-10-18-58(48)66/h5-11,13-19,21-38H,12,20H2,1-4H3. The first kappa shape index (κ1) is 39.3. The summed E-state index contributed by atoms with van der Waals surface area (Å²) in [6, 6.07) is 67.8. The second-order valence-electron chi connectivity index (χ2n) is 20.0. The molecule has 0 unspecified atom stereocenters. The van der Waals surface area contributed by atoms with E-state index in [2.05, 4.69) is 222 Å². The molecular weight excluding hydrogens is 821 g/mol. The van der Waals surface area contributed by atoms with Crippen molar-refractivity contribution in [3.63, 3.8) is 0 Å². The number of ketones is 1. The molecule has 68 heavy (non-hydrogen) atoms. The quantitative estimate of drug-likeness (QED) is 0.161. The van der Waals surface area contributed by atoms with Gasteiger partial charge in [-0.2, -0.15) is 0 Å². The van der Waals surface area contributed by atoms with Crippen LogP contribution in [0.3, 0.4) is 0 Å². The van der Waals surface area contributed by atoms with Crippen molar-refractivity contribution in [3.05, 3.63) is 278 Å². The van der Waals surface area contributed by atoms with Crippen LogP contribution in [0.2, 0.25) is 0 Å². The maximum absolute atomic E-state index is 15.6. The zero-order chi connectivity index (χ0) is 45.6. The predicted octanol–water partition coefficient (Wildman–Crippen LogP) is 16.3. The number of hydrogen-bond acceptors (Lipinski definition) is 1. The Bertz CT molecular complexity index is 3650. The highest BCUT2D eigenvalue weighted by Crippen LogP contribution is 2.66. The van der Waals surface area contributed by atoms with E-state index in [1.54, 1.807) is 0 Å². The van der Waals surface area contributed by atoms with Crippen molar-refractivity contribution in [2.24, 2.45) is 0 Å². The van der Waals surface area contributed by atoms with Crippen LogP contribution in [-0.4, -0.2) is 5.78 Å². The van der Waals surface area contributed by atoms with Crippen LogP contribution in [0.25, 0.3) is 61.2 Å². The average molecular weight is 869 g/mol. The Morgan fingerprint density at radius 2 is 0.809 bits per heavy atom. The van der Waals surface area contributed by atoms with E-state index in [4.69, 9.17) is 0 Å². The molecule has 2 spiro atoms. The molecule has 0 heterocycles. The summed E-state index contributed by atoms with van der Waals surface area (Å²) < 4.78 is 0. The molecule has 0 fully saturated rings. The first-order chi connectivity index (χ1) is 33.3. The van der Waals surface area contributed by atoms with Gasteiger partial charge in [-0.15, -0.1) is 0 Å². The summed E-state index contributed by atoms with van der Waals surface area (Å²) in [6.45, 7) is 8.82. The van der Waals surface area contributed by atoms with Gasteiger partial charge in [0, 0.05) is 11.1 Å². The van der Waals surface area contributed by atoms with Crippen LogP contribution in [0.15, 0.2) is 200 Å². The van der Waals surface area contributed by atoms with E-state index >= 15 is 4.79 Å². The number of carbonyl (C=O) groups excluding carboxylic acids is 1. The topological polar surface area (TPSA) is 17.1 Å². The van der Waals surface area contributed by atoms with Crippen molar-refractivity contribution < 1.29 is 4.79 Å². The van der Waals surface area contributed by atoms with E-state index in [-0.39, 0.29) is 5.78 Å². The van der Waals surface area contributed by atoms with Crippen LogP contribution >= 0.6 is 0 Å². The minimum atomic E-state index is -0.585. The molecule has 0 amide bonds. The molecule has 0 aromatic heterocycles. The molecule has 1 heteroatoms. The van der Waals surface area contributed by atoms with Crippen molar-refractivity contribution in [2.75, 3.05) is 0 Å². The SMILES string of the molecule is Cc1ccc(C)c(-c2ccc3c(c2)C2(C4=C(C=CCC4)c4ccc(C(=O)c5ccc6c(c5)C5(c7ccccc7-c7ccccc75)c5ccccc5-6)cc42)c2cc(-c4cc(C)ccc4C)ccc2-3)c1. The molecule has 0 N–H and O–H groups in total. The molecule has 0 saturated carbocycles. The molecule has 14 rings (SSSR count).